The molecule has 15 unspecified atom stereocenters. The van der Waals surface area contributed by atoms with Gasteiger partial charge in [-0.2, -0.15) is 0 Å². The molecule has 16 atom stereocenters. The van der Waals surface area contributed by atoms with E-state index in [2.05, 4.69) is 49.5 Å². The first kappa shape index (κ1) is 121. The largest absolute Gasteiger partial charge is 0.447 e. The molecule has 3 rings (SSSR count). The van der Waals surface area contributed by atoms with Gasteiger partial charge in [-0.3, -0.25) is 33.6 Å². The van der Waals surface area contributed by atoms with Crippen molar-refractivity contribution in [1.29, 1.82) is 0 Å². The number of nitrogens with one attached hydrogen (secondary N) is 8. The van der Waals surface area contributed by atoms with E-state index in [-0.39, 0.29) is 154 Å². The molecule has 3 saturated heterocycles. The first-order chi connectivity index (χ1) is 63.9. The van der Waals surface area contributed by atoms with Crippen molar-refractivity contribution in [2.75, 3.05) is 185 Å². The summed E-state index contributed by atoms with van der Waals surface area (Å²) < 4.78 is 93.5. The van der Waals surface area contributed by atoms with E-state index in [0.717, 1.165) is 19.3 Å². The fourth-order valence-corrected chi connectivity index (χ4v) is 14.9. The third kappa shape index (κ3) is 57.7. The Hall–Kier alpha value is -5.40. The second-order valence-electron chi connectivity index (χ2n) is 33.9. The Labute approximate surface area is 781 Å². The van der Waals surface area contributed by atoms with Gasteiger partial charge in [0.15, 0.2) is 18.9 Å². The van der Waals surface area contributed by atoms with E-state index in [0.29, 0.717) is 143 Å². The number of aliphatic hydroxyl groups excluding tert-OH is 9. The molecule has 3 heterocycles. The van der Waals surface area contributed by atoms with Gasteiger partial charge in [0.05, 0.1) is 72.2 Å². The molecule has 3 fully saturated rings. The molecule has 0 aliphatic carbocycles. The fourth-order valence-electron chi connectivity index (χ4n) is 14.9. The van der Waals surface area contributed by atoms with Crippen molar-refractivity contribution in [2.45, 2.75) is 350 Å². The van der Waals surface area contributed by atoms with Gasteiger partial charge in [0.1, 0.15) is 85.2 Å². The first-order valence-corrected chi connectivity index (χ1v) is 48.7. The summed E-state index contributed by atoms with van der Waals surface area (Å²) in [4.78, 5) is 100. The molecule has 8 amide bonds. The molecule has 41 heteroatoms. The zero-order chi connectivity index (χ0) is 96.5. The number of hydrogen-bond acceptors (Lipinski definition) is 33. The molecule has 0 radical (unpaired) electrons. The van der Waals surface area contributed by atoms with Crippen LogP contribution in [-0.4, -0.2) is 382 Å². The van der Waals surface area contributed by atoms with Gasteiger partial charge in [0.2, 0.25) is 41.4 Å². The topological polar surface area (TPSA) is 563 Å². The molecule has 0 saturated carbocycles. The Morgan fingerprint density at radius 3 is 0.992 bits per heavy atom. The first-order valence-electron chi connectivity index (χ1n) is 48.7. The Morgan fingerprint density at radius 1 is 0.326 bits per heavy atom. The van der Waals surface area contributed by atoms with Gasteiger partial charge in [-0.05, 0) is 90.4 Å². The van der Waals surface area contributed by atoms with Gasteiger partial charge < -0.3 is 164 Å². The van der Waals surface area contributed by atoms with Crippen LogP contribution < -0.4 is 42.5 Å². The lowest BCUT2D eigenvalue weighted by atomic mass is 9.97. The van der Waals surface area contributed by atoms with Crippen LogP contribution in [0.1, 0.15) is 247 Å². The van der Waals surface area contributed by atoms with Crippen LogP contribution in [-0.2, 0) is 109 Å². The Bertz CT molecular complexity index is 2710. The molecular formula is C91H170N8O33. The van der Waals surface area contributed by atoms with Gasteiger partial charge in [-0.15, -0.1) is 0 Å². The summed E-state index contributed by atoms with van der Waals surface area (Å²) in [6.07, 6.45) is 11.6. The minimum atomic E-state index is -1.44. The maximum atomic E-state index is 14.0. The number of unbranched alkanes of at least 4 members (excludes halogenated alkanes) is 18. The molecule has 41 nitrogen and oxygen atoms in total. The smallest absolute Gasteiger partial charge is 0.407 e. The summed E-state index contributed by atoms with van der Waals surface area (Å²) in [6, 6.07) is -3.21. The third-order valence-corrected chi connectivity index (χ3v) is 22.2. The number of ether oxygens (including phenoxy) is 16. The quantitative estimate of drug-likeness (QED) is 0.0388. The second kappa shape index (κ2) is 78.5. The number of carbonyl (C=O) groups excluding carboxylic acids is 8. The van der Waals surface area contributed by atoms with Crippen LogP contribution in [0.5, 0.6) is 0 Å². The summed E-state index contributed by atoms with van der Waals surface area (Å²) >= 11 is 0. The maximum absolute atomic E-state index is 14.0. The molecule has 3 aliphatic rings. The van der Waals surface area contributed by atoms with E-state index in [4.69, 9.17) is 75.8 Å². The van der Waals surface area contributed by atoms with Crippen molar-refractivity contribution in [3.8, 4) is 0 Å². The minimum Gasteiger partial charge on any atom is -0.447 e. The lowest BCUT2D eigenvalue weighted by Gasteiger charge is -2.42. The molecule has 0 bridgehead atoms. The number of rotatable bonds is 85. The standard InChI is InChI=1S/C91H170N8O33/c1-6-8-9-10-11-12-13-14-15-16-17-18-19-20-21-22-35-70(125-7-2)63-129-90(116)95-43-57-121-59-58-120-56-39-77(109)99-91(64-122-50-32-47-117-44-29-40-92-74(106)36-23-26-53-126-87-78(96-67(3)103)84(113)81(110)71(60-100)130-87,65-123-51-33-48-118-45-30-41-93-75(107)37-24-27-54-127-88-79(97-68(4)104)85(114)82(111)72(61-101)131-88)66-124-52-34-49-119-46-31-42-94-76(108)38-25-28-55-128-89-80(98-69(5)105)86(115)83(112)73(62-102)132-89/h70-73,78-89,100-102,110-115H,6-66H2,1-5H3,(H,92,106)(H,93,107)(H,94,108)(H,95,116)(H,96,103)(H,97,104)(H,98,105)(H,99,109)/t70-,71?,72?,73?,78?,79?,80?,81?,82?,83?,84?,85?,86?,87?,88?,89?,91?/m1/s1. The highest BCUT2D eigenvalue weighted by atomic mass is 16.7. The molecule has 3 aliphatic heterocycles. The predicted molar refractivity (Wildman–Crippen MR) is 483 cm³/mol. The summed E-state index contributed by atoms with van der Waals surface area (Å²) in [7, 11) is 0. The van der Waals surface area contributed by atoms with Gasteiger partial charge in [0.25, 0.3) is 0 Å². The van der Waals surface area contributed by atoms with Crippen molar-refractivity contribution in [1.82, 2.24) is 42.5 Å². The average molecular weight is 1900 g/mol. The average Bonchev–Trinajstić information content (AvgIpc) is 0.813. The highest BCUT2D eigenvalue weighted by Gasteiger charge is 2.48. The Balaban J connectivity index is 1.54. The van der Waals surface area contributed by atoms with E-state index < -0.39 is 141 Å². The highest BCUT2D eigenvalue weighted by molar-refractivity contribution is 5.78. The van der Waals surface area contributed by atoms with E-state index in [1.54, 1.807) is 0 Å². The second-order valence-corrected chi connectivity index (χ2v) is 33.9. The Morgan fingerprint density at radius 2 is 0.652 bits per heavy atom. The van der Waals surface area contributed by atoms with Crippen molar-refractivity contribution in [3.05, 3.63) is 0 Å². The normalized spacial score (nSPS) is 22.7. The van der Waals surface area contributed by atoms with Crippen LogP contribution in [0.15, 0.2) is 0 Å². The summed E-state index contributed by atoms with van der Waals surface area (Å²) in [5.74, 6) is -2.32. The van der Waals surface area contributed by atoms with E-state index >= 15 is 0 Å². The van der Waals surface area contributed by atoms with Gasteiger partial charge in [-0.1, -0.05) is 110 Å². The highest BCUT2D eigenvalue weighted by Crippen LogP contribution is 2.27. The third-order valence-electron chi connectivity index (χ3n) is 22.2. The number of alkyl carbamates (subject to hydrolysis) is 1. The van der Waals surface area contributed by atoms with Crippen LogP contribution in [0.4, 0.5) is 4.79 Å². The lowest BCUT2D eigenvalue weighted by molar-refractivity contribution is -0.270. The van der Waals surface area contributed by atoms with Crippen LogP contribution >= 0.6 is 0 Å². The maximum Gasteiger partial charge on any atom is 0.407 e. The van der Waals surface area contributed by atoms with Crippen LogP contribution in [0.3, 0.4) is 0 Å². The number of aliphatic hydroxyl groups is 9. The molecular weight excluding hydrogens is 1730 g/mol. The molecule has 132 heavy (non-hydrogen) atoms. The molecule has 772 valence electrons. The van der Waals surface area contributed by atoms with Crippen molar-refractivity contribution in [3.63, 3.8) is 0 Å². The van der Waals surface area contributed by atoms with Crippen molar-refractivity contribution in [2.24, 2.45) is 0 Å². The summed E-state index contributed by atoms with van der Waals surface area (Å²) in [5.41, 5.74) is -1.22. The van der Waals surface area contributed by atoms with E-state index in [1.165, 1.54) is 111 Å². The fraction of sp³-hybridized carbons (Fsp3) is 0.912. The van der Waals surface area contributed by atoms with Gasteiger partial charge >= 0.3 is 6.09 Å². The van der Waals surface area contributed by atoms with Gasteiger partial charge in [0, 0.05) is 159 Å². The van der Waals surface area contributed by atoms with Crippen LogP contribution in [0.25, 0.3) is 0 Å². The van der Waals surface area contributed by atoms with Gasteiger partial charge in [-0.25, -0.2) is 4.79 Å². The number of hydrogen-bond donors (Lipinski definition) is 17. The summed E-state index contributed by atoms with van der Waals surface area (Å²) in [6.45, 7) is 11.7. The Kier molecular flexibility index (Phi) is 71.8. The van der Waals surface area contributed by atoms with E-state index in [9.17, 15) is 84.3 Å². The van der Waals surface area contributed by atoms with Crippen molar-refractivity contribution >= 4 is 47.4 Å². The van der Waals surface area contributed by atoms with Crippen LogP contribution in [0.2, 0.25) is 0 Å². The number of carbonyl (C=O) groups is 8. The lowest BCUT2D eigenvalue weighted by Crippen LogP contribution is -2.64. The zero-order valence-electron chi connectivity index (χ0n) is 79.7. The molecule has 17 N–H and O–H groups in total. The molecule has 0 aromatic carbocycles. The number of amides is 8. The molecule has 0 aromatic rings. The predicted octanol–water partition coefficient (Wildman–Crippen LogP) is 2.23. The van der Waals surface area contributed by atoms with Crippen LogP contribution in [0, 0.1) is 0 Å². The SMILES string of the molecule is CCCCCCCCCCCCCCCCCC[C@H](COC(=O)NCCOCCOCCC(=O)NC(COCCCOCCCNC(=O)CCCCOC1OC(CO)C(O)C(O)C1NC(C)=O)(COCCCOCCCNC(=O)CCCCOC1OC(CO)C(O)C(O)C1NC(C)=O)COCCCOCCCNC(=O)CCCCOC1OC(CO)C(O)C(O)C1NC(C)=O)OCC. The monoisotopic (exact) mass is 1900 g/mol. The molecule has 0 aromatic heterocycles. The van der Waals surface area contributed by atoms with E-state index in [1.807, 2.05) is 6.92 Å². The summed E-state index contributed by atoms with van der Waals surface area (Å²) in [5, 5.41) is 113. The minimum absolute atomic E-state index is 0.0357. The van der Waals surface area contributed by atoms with Crippen molar-refractivity contribution < 1.29 is 160 Å². The zero-order valence-corrected chi connectivity index (χ0v) is 79.7. The molecule has 0 spiro atoms.